The predicted molar refractivity (Wildman–Crippen MR) is 60.7 cm³/mol. The van der Waals surface area contributed by atoms with Crippen LogP contribution in [0.1, 0.15) is 31.0 Å². The van der Waals surface area contributed by atoms with Crippen molar-refractivity contribution in [3.63, 3.8) is 0 Å². The summed E-state index contributed by atoms with van der Waals surface area (Å²) >= 11 is 0. The molecular weight excluding hydrogens is 247 g/mol. The molecular formula is C12H16F3NO2. The highest BCUT2D eigenvalue weighted by molar-refractivity contribution is 5.35. The van der Waals surface area contributed by atoms with Gasteiger partial charge in [-0.25, -0.2) is 0 Å². The van der Waals surface area contributed by atoms with Crippen LogP contribution in [0.3, 0.4) is 0 Å². The smallest absolute Gasteiger partial charge is 0.420 e. The molecule has 0 aliphatic carbocycles. The average Bonchev–Trinajstić information content (AvgIpc) is 2.28. The van der Waals surface area contributed by atoms with E-state index in [4.69, 9.17) is 9.47 Å². The van der Waals surface area contributed by atoms with Gasteiger partial charge in [0.1, 0.15) is 17.9 Å². The molecule has 6 heteroatoms. The van der Waals surface area contributed by atoms with Gasteiger partial charge < -0.3 is 9.47 Å². The molecule has 0 fully saturated rings. The molecule has 0 bridgehead atoms. The van der Waals surface area contributed by atoms with Crippen LogP contribution in [-0.2, 0) is 10.9 Å². The summed E-state index contributed by atoms with van der Waals surface area (Å²) in [7, 11) is 1.45. The molecule has 0 radical (unpaired) electrons. The van der Waals surface area contributed by atoms with Crippen LogP contribution in [0.5, 0.6) is 5.75 Å². The summed E-state index contributed by atoms with van der Waals surface area (Å²) in [5.74, 6) is -0.330. The molecule has 18 heavy (non-hydrogen) atoms. The fraction of sp³-hybridized carbons (Fsp3) is 0.583. The molecule has 1 heterocycles. The third kappa shape index (κ3) is 3.87. The van der Waals surface area contributed by atoms with Crippen LogP contribution in [0.25, 0.3) is 0 Å². The molecule has 0 atom stereocenters. The zero-order chi connectivity index (χ0) is 13.8. The maximum Gasteiger partial charge on any atom is 0.420 e. The lowest BCUT2D eigenvalue weighted by Gasteiger charge is -2.15. The topological polar surface area (TPSA) is 31.4 Å². The van der Waals surface area contributed by atoms with Gasteiger partial charge in [-0.05, 0) is 12.0 Å². The molecule has 0 aliphatic heterocycles. The molecule has 3 nitrogen and oxygen atoms in total. The Morgan fingerprint density at radius 2 is 1.94 bits per heavy atom. The molecule has 0 amide bonds. The van der Waals surface area contributed by atoms with Crippen LogP contribution < -0.4 is 4.74 Å². The second kappa shape index (κ2) is 6.04. The van der Waals surface area contributed by atoms with E-state index in [0.29, 0.717) is 5.69 Å². The maximum absolute atomic E-state index is 12.9. The Morgan fingerprint density at radius 3 is 2.44 bits per heavy atom. The predicted octanol–water partition coefficient (Wildman–Crippen LogP) is 3.25. The van der Waals surface area contributed by atoms with Gasteiger partial charge in [-0.15, -0.1) is 0 Å². The number of hydrogen-bond donors (Lipinski definition) is 0. The lowest BCUT2D eigenvalue weighted by Crippen LogP contribution is -2.13. The molecule has 0 saturated carbocycles. The van der Waals surface area contributed by atoms with Crippen LogP contribution in [-0.4, -0.2) is 25.3 Å². The Morgan fingerprint density at radius 1 is 1.28 bits per heavy atom. The summed E-state index contributed by atoms with van der Waals surface area (Å²) in [5, 5.41) is 0. The van der Waals surface area contributed by atoms with Crippen molar-refractivity contribution >= 4 is 0 Å². The third-order valence-electron chi connectivity index (χ3n) is 2.33. The molecule has 102 valence electrons. The number of alkyl halides is 3. The van der Waals surface area contributed by atoms with Crippen LogP contribution in [0.4, 0.5) is 13.2 Å². The Kier molecular flexibility index (Phi) is 4.95. The van der Waals surface area contributed by atoms with E-state index < -0.39 is 11.7 Å². The van der Waals surface area contributed by atoms with Gasteiger partial charge >= 0.3 is 6.18 Å². The van der Waals surface area contributed by atoms with E-state index in [2.05, 4.69) is 4.98 Å². The molecule has 1 aromatic heterocycles. The fourth-order valence-electron chi connectivity index (χ4n) is 1.35. The second-order valence-corrected chi connectivity index (χ2v) is 4.10. The molecule has 0 N–H and O–H groups in total. The summed E-state index contributed by atoms with van der Waals surface area (Å²) in [6.07, 6.45) is -3.33. The van der Waals surface area contributed by atoms with Crippen molar-refractivity contribution in [2.24, 2.45) is 0 Å². The number of methoxy groups -OCH3 is 1. The van der Waals surface area contributed by atoms with E-state index in [1.807, 2.05) is 0 Å². The normalized spacial score (nSPS) is 11.9. The number of ether oxygens (including phenoxy) is 2. The quantitative estimate of drug-likeness (QED) is 0.764. The fourth-order valence-corrected chi connectivity index (χ4v) is 1.35. The van der Waals surface area contributed by atoms with Crippen molar-refractivity contribution in [1.82, 2.24) is 4.98 Å². The molecule has 0 spiro atoms. The van der Waals surface area contributed by atoms with E-state index in [9.17, 15) is 13.2 Å². The first-order chi connectivity index (χ1) is 8.36. The number of pyridine rings is 1. The summed E-state index contributed by atoms with van der Waals surface area (Å²) in [6.45, 7) is 3.85. The van der Waals surface area contributed by atoms with Crippen LogP contribution >= 0.6 is 0 Å². The second-order valence-electron chi connectivity index (χ2n) is 4.10. The van der Waals surface area contributed by atoms with E-state index >= 15 is 0 Å². The van der Waals surface area contributed by atoms with Gasteiger partial charge in [0.2, 0.25) is 0 Å². The molecule has 0 aliphatic rings. The number of hydrogen-bond acceptors (Lipinski definition) is 3. The lowest BCUT2D eigenvalue weighted by atomic mass is 10.1. The van der Waals surface area contributed by atoms with Gasteiger partial charge in [-0.2, -0.15) is 13.2 Å². The molecule has 1 aromatic rings. The number of halogens is 3. The number of aromatic nitrogens is 1. The maximum atomic E-state index is 12.9. The zero-order valence-electron chi connectivity index (χ0n) is 10.5. The lowest BCUT2D eigenvalue weighted by molar-refractivity contribution is -0.139. The van der Waals surface area contributed by atoms with Gasteiger partial charge in [0, 0.05) is 12.8 Å². The third-order valence-corrected chi connectivity index (χ3v) is 2.33. The van der Waals surface area contributed by atoms with E-state index in [1.165, 1.54) is 7.11 Å². The minimum absolute atomic E-state index is 0.0578. The van der Waals surface area contributed by atoms with Crippen LogP contribution in [0, 0.1) is 0 Å². The zero-order valence-corrected chi connectivity index (χ0v) is 10.5. The van der Waals surface area contributed by atoms with E-state index in [1.54, 1.807) is 13.8 Å². The highest BCUT2D eigenvalue weighted by Crippen LogP contribution is 2.37. The van der Waals surface area contributed by atoms with Gasteiger partial charge in [0.15, 0.2) is 0 Å². The number of rotatable bonds is 5. The van der Waals surface area contributed by atoms with Gasteiger partial charge in [-0.3, -0.25) is 4.98 Å². The molecule has 0 saturated heterocycles. The largest absolute Gasteiger partial charge is 0.489 e. The standard InChI is InChI=1S/C12H16F3NO2/c1-8(2)10-6-9(12(13,14)15)11(7-16-10)18-5-4-17-3/h6-8H,4-5H2,1-3H3. The Balaban J connectivity index is 3.02. The highest BCUT2D eigenvalue weighted by Gasteiger charge is 2.35. The molecule has 1 rings (SSSR count). The van der Waals surface area contributed by atoms with Crippen molar-refractivity contribution in [2.45, 2.75) is 25.9 Å². The van der Waals surface area contributed by atoms with Crippen LogP contribution in [0.15, 0.2) is 12.3 Å². The Labute approximate surface area is 104 Å². The Hall–Kier alpha value is -1.30. The summed E-state index contributed by atoms with van der Waals surface area (Å²) < 4.78 is 48.3. The first-order valence-corrected chi connectivity index (χ1v) is 5.55. The van der Waals surface area contributed by atoms with Gasteiger partial charge in [0.25, 0.3) is 0 Å². The van der Waals surface area contributed by atoms with Crippen molar-refractivity contribution in [3.8, 4) is 5.75 Å². The monoisotopic (exact) mass is 263 g/mol. The molecule has 0 aromatic carbocycles. The first kappa shape index (κ1) is 14.8. The first-order valence-electron chi connectivity index (χ1n) is 5.55. The summed E-state index contributed by atoms with van der Waals surface area (Å²) in [4.78, 5) is 3.97. The van der Waals surface area contributed by atoms with E-state index in [0.717, 1.165) is 12.3 Å². The highest BCUT2D eigenvalue weighted by atomic mass is 19.4. The minimum Gasteiger partial charge on any atom is -0.489 e. The van der Waals surface area contributed by atoms with Crippen molar-refractivity contribution in [2.75, 3.05) is 20.3 Å². The Bertz CT molecular complexity index is 391. The van der Waals surface area contributed by atoms with Crippen LogP contribution in [0.2, 0.25) is 0 Å². The summed E-state index contributed by atoms with van der Waals surface area (Å²) in [6, 6.07) is 1.03. The minimum atomic E-state index is -4.45. The average molecular weight is 263 g/mol. The van der Waals surface area contributed by atoms with Gasteiger partial charge in [-0.1, -0.05) is 13.8 Å². The van der Waals surface area contributed by atoms with Crippen molar-refractivity contribution < 1.29 is 22.6 Å². The SMILES string of the molecule is COCCOc1cnc(C(C)C)cc1C(F)(F)F. The van der Waals surface area contributed by atoms with E-state index in [-0.39, 0.29) is 24.9 Å². The number of nitrogens with zero attached hydrogens (tertiary/aromatic N) is 1. The molecule has 0 unspecified atom stereocenters. The van der Waals surface area contributed by atoms with Crippen molar-refractivity contribution in [3.05, 3.63) is 23.5 Å². The summed E-state index contributed by atoms with van der Waals surface area (Å²) in [5.41, 5.74) is -0.404. The van der Waals surface area contributed by atoms with Gasteiger partial charge in [0.05, 0.1) is 12.8 Å². The van der Waals surface area contributed by atoms with Crippen molar-refractivity contribution in [1.29, 1.82) is 0 Å².